The molecule has 4 atom stereocenters. The van der Waals surface area contributed by atoms with Crippen LogP contribution in [0, 0.1) is 11.3 Å². The zero-order valence-electron chi connectivity index (χ0n) is 12.1. The minimum absolute atomic E-state index is 0.0456. The molecule has 1 heterocycles. The number of aliphatic hydroxyl groups excluding tert-OH is 1. The van der Waals surface area contributed by atoms with Crippen molar-refractivity contribution in [2.24, 2.45) is 11.3 Å². The molecule has 3 rings (SSSR count). The number of ether oxygens (including phenoxy) is 1. The molecule has 21 heavy (non-hydrogen) atoms. The summed E-state index contributed by atoms with van der Waals surface area (Å²) in [5, 5.41) is 11.8. The first-order valence-electron chi connectivity index (χ1n) is 7.18. The summed E-state index contributed by atoms with van der Waals surface area (Å²) in [7, 11) is 0. The molecule has 0 amide bonds. The van der Waals surface area contributed by atoms with Gasteiger partial charge in [-0.25, -0.2) is 0 Å². The van der Waals surface area contributed by atoms with E-state index in [2.05, 4.69) is 61.6 Å². The maximum atomic E-state index is 11.1. The third-order valence-electron chi connectivity index (χ3n) is 5.14. The number of aliphatic hydroxyl groups is 1. The largest absolute Gasteiger partial charge is 0.486 e. The Kier molecular flexibility index (Phi) is 4.26. The smallest absolute Gasteiger partial charge is 0.126 e. The molecule has 2 aliphatic rings. The van der Waals surface area contributed by atoms with Crippen molar-refractivity contribution in [3.8, 4) is 5.75 Å². The van der Waals surface area contributed by atoms with Crippen LogP contribution in [-0.2, 0) is 0 Å². The standard InChI is InChI=1S/C16H19Br3O2/c1-15(2)12(19)5-6-16(8-17)14(15)13(20)10-7-9(18)3-4-11(10)21-16/h3-4,7,12-14,20H,5-6,8H2,1-2H3/t12-,13+,14-,16+/m0/s1. The van der Waals surface area contributed by atoms with Gasteiger partial charge in [-0.2, -0.15) is 0 Å². The Morgan fingerprint density at radius 3 is 2.76 bits per heavy atom. The number of benzene rings is 1. The number of hydrogen-bond donors (Lipinski definition) is 1. The molecule has 1 aliphatic heterocycles. The molecule has 1 N–H and O–H groups in total. The molecular weight excluding hydrogens is 464 g/mol. The highest BCUT2D eigenvalue weighted by molar-refractivity contribution is 9.10. The third kappa shape index (κ3) is 2.43. The lowest BCUT2D eigenvalue weighted by Gasteiger charge is -2.57. The molecule has 116 valence electrons. The van der Waals surface area contributed by atoms with Crippen LogP contribution in [0.4, 0.5) is 0 Å². The number of alkyl halides is 2. The minimum Gasteiger partial charge on any atom is -0.486 e. The molecule has 5 heteroatoms. The van der Waals surface area contributed by atoms with E-state index >= 15 is 0 Å². The summed E-state index contributed by atoms with van der Waals surface area (Å²) in [6.07, 6.45) is 1.47. The van der Waals surface area contributed by atoms with Crippen molar-refractivity contribution in [3.63, 3.8) is 0 Å². The van der Waals surface area contributed by atoms with Gasteiger partial charge in [0.05, 0.1) is 6.10 Å². The topological polar surface area (TPSA) is 29.5 Å². The van der Waals surface area contributed by atoms with Crippen LogP contribution in [0.3, 0.4) is 0 Å². The van der Waals surface area contributed by atoms with Crippen molar-refractivity contribution in [3.05, 3.63) is 28.2 Å². The average molecular weight is 483 g/mol. The number of hydrogen-bond acceptors (Lipinski definition) is 2. The highest BCUT2D eigenvalue weighted by atomic mass is 79.9. The van der Waals surface area contributed by atoms with E-state index < -0.39 is 6.10 Å². The van der Waals surface area contributed by atoms with Crippen LogP contribution in [0.5, 0.6) is 5.75 Å². The van der Waals surface area contributed by atoms with Crippen molar-refractivity contribution in [2.75, 3.05) is 5.33 Å². The minimum atomic E-state index is -0.515. The normalized spacial score (nSPS) is 37.3. The Hall–Kier alpha value is 0.420. The van der Waals surface area contributed by atoms with Crippen LogP contribution in [0.1, 0.15) is 38.4 Å². The predicted molar refractivity (Wildman–Crippen MR) is 95.5 cm³/mol. The zero-order chi connectivity index (χ0) is 15.4. The lowest BCUT2D eigenvalue weighted by molar-refractivity contribution is -0.135. The third-order valence-corrected chi connectivity index (χ3v) is 8.22. The molecule has 0 spiro atoms. The predicted octanol–water partition coefficient (Wildman–Crippen LogP) is 5.21. The van der Waals surface area contributed by atoms with Crippen LogP contribution in [0.15, 0.2) is 22.7 Å². The lowest BCUT2D eigenvalue weighted by atomic mass is 9.58. The Balaban J connectivity index is 2.15. The van der Waals surface area contributed by atoms with Crippen molar-refractivity contribution >= 4 is 47.8 Å². The van der Waals surface area contributed by atoms with Gasteiger partial charge in [0.1, 0.15) is 11.4 Å². The fraction of sp³-hybridized carbons (Fsp3) is 0.625. The van der Waals surface area contributed by atoms with E-state index in [0.717, 1.165) is 34.0 Å². The molecule has 1 aliphatic carbocycles. The summed E-state index contributed by atoms with van der Waals surface area (Å²) in [6, 6.07) is 5.90. The summed E-state index contributed by atoms with van der Waals surface area (Å²) in [4.78, 5) is 0.383. The van der Waals surface area contributed by atoms with E-state index in [1.165, 1.54) is 0 Å². The average Bonchev–Trinajstić information content (AvgIpc) is 2.44. The summed E-state index contributed by atoms with van der Waals surface area (Å²) >= 11 is 11.0. The molecule has 1 aromatic rings. The monoisotopic (exact) mass is 480 g/mol. The molecule has 0 aromatic heterocycles. The Bertz CT molecular complexity index is 560. The Morgan fingerprint density at radius 1 is 1.38 bits per heavy atom. The van der Waals surface area contributed by atoms with Gasteiger partial charge in [0.15, 0.2) is 0 Å². The van der Waals surface area contributed by atoms with Gasteiger partial charge in [0.25, 0.3) is 0 Å². The first kappa shape index (κ1) is 16.3. The van der Waals surface area contributed by atoms with Crippen molar-refractivity contribution < 1.29 is 9.84 Å². The van der Waals surface area contributed by atoms with Gasteiger partial charge >= 0.3 is 0 Å². The Morgan fingerprint density at radius 2 is 2.10 bits per heavy atom. The molecule has 1 fully saturated rings. The maximum absolute atomic E-state index is 11.1. The second-order valence-corrected chi connectivity index (χ2v) is 9.31. The van der Waals surface area contributed by atoms with E-state index in [1.807, 2.05) is 18.2 Å². The van der Waals surface area contributed by atoms with Gasteiger partial charge in [-0.05, 0) is 36.5 Å². The molecular formula is C16H19Br3O2. The van der Waals surface area contributed by atoms with Crippen molar-refractivity contribution in [1.82, 2.24) is 0 Å². The van der Waals surface area contributed by atoms with Crippen molar-refractivity contribution in [2.45, 2.75) is 43.2 Å². The number of fused-ring (bicyclic) bond motifs is 2. The van der Waals surface area contributed by atoms with Gasteiger partial charge in [0, 0.05) is 26.1 Å². The summed E-state index contributed by atoms with van der Waals surface area (Å²) in [5.74, 6) is 0.856. The van der Waals surface area contributed by atoms with Gasteiger partial charge in [-0.15, -0.1) is 0 Å². The highest BCUT2D eigenvalue weighted by Crippen LogP contribution is 2.59. The van der Waals surface area contributed by atoms with E-state index in [-0.39, 0.29) is 16.9 Å². The quantitative estimate of drug-likeness (QED) is 0.557. The number of halogens is 3. The highest BCUT2D eigenvalue weighted by Gasteiger charge is 2.59. The summed E-state index contributed by atoms with van der Waals surface area (Å²) in [6.45, 7) is 4.45. The molecule has 0 radical (unpaired) electrons. The van der Waals surface area contributed by atoms with E-state index in [4.69, 9.17) is 4.74 Å². The molecule has 2 nitrogen and oxygen atoms in total. The lowest BCUT2D eigenvalue weighted by Crippen LogP contribution is -2.61. The zero-order valence-corrected chi connectivity index (χ0v) is 16.8. The second kappa shape index (κ2) is 5.50. The second-order valence-electron chi connectivity index (χ2n) is 6.73. The maximum Gasteiger partial charge on any atom is 0.126 e. The van der Waals surface area contributed by atoms with E-state index in [0.29, 0.717) is 4.83 Å². The molecule has 0 bridgehead atoms. The van der Waals surface area contributed by atoms with Crippen LogP contribution in [-0.4, -0.2) is 20.9 Å². The molecule has 1 saturated carbocycles. The fourth-order valence-electron chi connectivity index (χ4n) is 4.00. The van der Waals surface area contributed by atoms with E-state index in [9.17, 15) is 5.11 Å². The van der Waals surface area contributed by atoms with Gasteiger partial charge in [-0.1, -0.05) is 61.6 Å². The van der Waals surface area contributed by atoms with Crippen LogP contribution >= 0.6 is 47.8 Å². The number of rotatable bonds is 1. The first-order valence-corrected chi connectivity index (χ1v) is 10.0. The first-order chi connectivity index (χ1) is 9.82. The summed E-state index contributed by atoms with van der Waals surface area (Å²) < 4.78 is 7.40. The fourth-order valence-corrected chi connectivity index (χ4v) is 5.64. The van der Waals surface area contributed by atoms with Gasteiger partial charge in [0.2, 0.25) is 0 Å². The molecule has 0 saturated heterocycles. The van der Waals surface area contributed by atoms with Crippen LogP contribution in [0.2, 0.25) is 0 Å². The van der Waals surface area contributed by atoms with Gasteiger partial charge in [-0.3, -0.25) is 0 Å². The Labute approximate surface area is 151 Å². The van der Waals surface area contributed by atoms with E-state index in [1.54, 1.807) is 0 Å². The van der Waals surface area contributed by atoms with Crippen LogP contribution < -0.4 is 4.74 Å². The van der Waals surface area contributed by atoms with Gasteiger partial charge < -0.3 is 9.84 Å². The molecule has 0 unspecified atom stereocenters. The summed E-state index contributed by atoms with van der Waals surface area (Å²) in [5.41, 5.74) is 0.500. The van der Waals surface area contributed by atoms with Crippen molar-refractivity contribution in [1.29, 1.82) is 0 Å². The molecule has 1 aromatic carbocycles. The van der Waals surface area contributed by atoms with Crippen LogP contribution in [0.25, 0.3) is 0 Å². The SMILES string of the molecule is CC1(C)[C@@H](Br)CC[C@]2(CBr)Oc3ccc(Br)cc3[C@@H](O)[C@@H]12.